The normalized spacial score (nSPS) is 13.0. The Labute approximate surface area is 279 Å². The van der Waals surface area contributed by atoms with Crippen LogP contribution in [0.1, 0.15) is 30.3 Å². The largest absolute Gasteiger partial charge is 0.488 e. The molecular weight excluding hydrogens is 618 g/mol. The van der Waals surface area contributed by atoms with Crippen molar-refractivity contribution in [1.82, 2.24) is 9.55 Å². The van der Waals surface area contributed by atoms with Gasteiger partial charge in [0.2, 0.25) is 0 Å². The number of nitrogens with zero attached hydrogens (tertiary/aromatic N) is 3. The second-order valence-corrected chi connectivity index (χ2v) is 11.7. The van der Waals surface area contributed by atoms with Gasteiger partial charge < -0.3 is 33.2 Å². The van der Waals surface area contributed by atoms with Crippen LogP contribution < -0.4 is 19.1 Å². The Hall–Kier alpha value is -4.73. The molecule has 1 aliphatic heterocycles. The first-order chi connectivity index (χ1) is 22.9. The van der Waals surface area contributed by atoms with Crippen LogP contribution in [-0.4, -0.2) is 48.4 Å². The van der Waals surface area contributed by atoms with Crippen LogP contribution in [0.5, 0.6) is 23.0 Å². The van der Waals surface area contributed by atoms with Gasteiger partial charge >= 0.3 is 5.97 Å². The summed E-state index contributed by atoms with van der Waals surface area (Å²) in [5, 5.41) is 0.666. The molecule has 47 heavy (non-hydrogen) atoms. The van der Waals surface area contributed by atoms with Gasteiger partial charge in [0.25, 0.3) is 0 Å². The van der Waals surface area contributed by atoms with Crippen molar-refractivity contribution in [2.45, 2.75) is 33.0 Å². The van der Waals surface area contributed by atoms with Gasteiger partial charge in [-0.25, -0.2) is 4.98 Å². The van der Waals surface area contributed by atoms with E-state index in [-0.39, 0.29) is 19.0 Å². The Bertz CT molecular complexity index is 1820. The van der Waals surface area contributed by atoms with Crippen LogP contribution in [0.2, 0.25) is 5.02 Å². The number of carbonyl (C=O) groups excluding carboxylic acids is 1. The molecule has 1 aliphatic rings. The first-order valence-electron chi connectivity index (χ1n) is 15.8. The number of morpholine rings is 1. The predicted octanol–water partition coefficient (Wildman–Crippen LogP) is 7.51. The van der Waals surface area contributed by atoms with Gasteiger partial charge in [-0.3, -0.25) is 4.79 Å². The van der Waals surface area contributed by atoms with E-state index < -0.39 is 0 Å². The molecule has 0 saturated carbocycles. The Kier molecular flexibility index (Phi) is 10.4. The van der Waals surface area contributed by atoms with Crippen molar-refractivity contribution >= 4 is 34.3 Å². The second-order valence-electron chi connectivity index (χ2n) is 11.2. The quantitative estimate of drug-likeness (QED) is 0.121. The van der Waals surface area contributed by atoms with Gasteiger partial charge in [0.15, 0.2) is 0 Å². The number of carbonyl (C=O) groups is 1. The molecule has 9 nitrogen and oxygen atoms in total. The highest BCUT2D eigenvalue weighted by atomic mass is 35.5. The van der Waals surface area contributed by atoms with Gasteiger partial charge in [0.1, 0.15) is 42.0 Å². The first kappa shape index (κ1) is 32.2. The van der Waals surface area contributed by atoms with Crippen LogP contribution in [0, 0.1) is 0 Å². The number of rotatable bonds is 13. The van der Waals surface area contributed by atoms with Gasteiger partial charge in [-0.05, 0) is 66.9 Å². The lowest BCUT2D eigenvalue weighted by molar-refractivity contribution is -0.143. The van der Waals surface area contributed by atoms with Gasteiger partial charge in [-0.2, -0.15) is 0 Å². The van der Waals surface area contributed by atoms with Crippen LogP contribution in [-0.2, 0) is 41.0 Å². The van der Waals surface area contributed by atoms with E-state index in [1.165, 1.54) is 0 Å². The number of imidazole rings is 1. The number of aryl methyl sites for hydroxylation is 2. The number of hydrogen-bond donors (Lipinski definition) is 0. The molecule has 0 amide bonds. The van der Waals surface area contributed by atoms with Gasteiger partial charge in [-0.1, -0.05) is 35.9 Å². The average Bonchev–Trinajstić information content (AvgIpc) is 3.41. The molecule has 1 aromatic heterocycles. The molecule has 1 fully saturated rings. The molecule has 10 heteroatoms. The van der Waals surface area contributed by atoms with Gasteiger partial charge in [0.05, 0.1) is 30.9 Å². The number of fused-ring (bicyclic) bond motifs is 1. The lowest BCUT2D eigenvalue weighted by atomic mass is 10.1. The van der Waals surface area contributed by atoms with E-state index in [0.717, 1.165) is 71.5 Å². The van der Waals surface area contributed by atoms with E-state index >= 15 is 0 Å². The minimum atomic E-state index is -0.242. The number of hydrogen-bond acceptors (Lipinski definition) is 8. The molecule has 0 bridgehead atoms. The average molecular weight is 656 g/mol. The molecule has 1 saturated heterocycles. The molecule has 0 aliphatic carbocycles. The maximum atomic E-state index is 12.0. The van der Waals surface area contributed by atoms with E-state index in [4.69, 9.17) is 40.3 Å². The molecule has 4 aromatic carbocycles. The van der Waals surface area contributed by atoms with E-state index in [1.807, 2.05) is 84.4 Å². The van der Waals surface area contributed by atoms with Crippen molar-refractivity contribution in [1.29, 1.82) is 0 Å². The summed E-state index contributed by atoms with van der Waals surface area (Å²) < 4.78 is 31.3. The molecule has 0 spiro atoms. The Morgan fingerprint density at radius 1 is 0.894 bits per heavy atom. The summed E-state index contributed by atoms with van der Waals surface area (Å²) in [6.45, 7) is 5.95. The van der Waals surface area contributed by atoms with E-state index in [9.17, 15) is 4.79 Å². The number of halogens is 1. The standard InChI is InChI=1S/C37H38ClN3O6/c1-3-44-37(42)16-10-27-9-13-30(23-35(27)46-24-26-7-11-28(38)12-8-26)45-25-36-39-33-15-14-32(22-34(33)40(36)2)47-31-6-4-5-29(21-31)41-17-19-43-20-18-41/h4-9,11-15,21-23H,3,10,16-20,24-25H2,1-2H3. The first-order valence-corrected chi connectivity index (χ1v) is 16.2. The smallest absolute Gasteiger partial charge is 0.306 e. The molecule has 0 unspecified atom stereocenters. The van der Waals surface area contributed by atoms with E-state index in [0.29, 0.717) is 36.2 Å². The van der Waals surface area contributed by atoms with Crippen LogP contribution in [0.4, 0.5) is 5.69 Å². The summed E-state index contributed by atoms with van der Waals surface area (Å²) in [5.74, 6) is 3.31. The highest BCUT2D eigenvalue weighted by Gasteiger charge is 2.15. The molecule has 5 aromatic rings. The number of anilines is 1. The molecule has 2 heterocycles. The summed E-state index contributed by atoms with van der Waals surface area (Å²) in [5.41, 5.74) is 4.78. The third kappa shape index (κ3) is 8.36. The number of aromatic nitrogens is 2. The van der Waals surface area contributed by atoms with Crippen molar-refractivity contribution in [3.8, 4) is 23.0 Å². The topological polar surface area (TPSA) is 84.3 Å². The number of ether oxygens (including phenoxy) is 5. The molecule has 0 radical (unpaired) electrons. The van der Waals surface area contributed by atoms with Crippen molar-refractivity contribution in [2.75, 3.05) is 37.8 Å². The molecular formula is C37H38ClN3O6. The second kappa shape index (κ2) is 15.2. The molecule has 244 valence electrons. The predicted molar refractivity (Wildman–Crippen MR) is 182 cm³/mol. The monoisotopic (exact) mass is 655 g/mol. The maximum absolute atomic E-state index is 12.0. The zero-order valence-corrected chi connectivity index (χ0v) is 27.4. The van der Waals surface area contributed by atoms with E-state index in [2.05, 4.69) is 17.0 Å². The maximum Gasteiger partial charge on any atom is 0.306 e. The summed E-state index contributed by atoms with van der Waals surface area (Å²) in [4.78, 5) is 19.1. The SMILES string of the molecule is CCOC(=O)CCc1ccc(OCc2nc3ccc(Oc4cccc(N5CCOCC5)c4)cc3n2C)cc1OCc1ccc(Cl)cc1. The summed E-state index contributed by atoms with van der Waals surface area (Å²) >= 11 is 6.04. The highest BCUT2D eigenvalue weighted by molar-refractivity contribution is 6.30. The van der Waals surface area contributed by atoms with Crippen LogP contribution in [0.25, 0.3) is 11.0 Å². The summed E-state index contributed by atoms with van der Waals surface area (Å²) in [6, 6.07) is 27.2. The van der Waals surface area contributed by atoms with Gasteiger partial charge in [-0.15, -0.1) is 0 Å². The highest BCUT2D eigenvalue weighted by Crippen LogP contribution is 2.31. The Balaban J connectivity index is 1.14. The van der Waals surface area contributed by atoms with Crippen molar-refractivity contribution in [2.24, 2.45) is 7.05 Å². The van der Waals surface area contributed by atoms with Crippen molar-refractivity contribution in [3.63, 3.8) is 0 Å². The van der Waals surface area contributed by atoms with Crippen LogP contribution in [0.15, 0.2) is 84.9 Å². The zero-order chi connectivity index (χ0) is 32.6. The van der Waals surface area contributed by atoms with E-state index in [1.54, 1.807) is 6.92 Å². The molecule has 0 atom stereocenters. The fraction of sp³-hybridized carbons (Fsp3) is 0.297. The lowest BCUT2D eigenvalue weighted by Crippen LogP contribution is -2.36. The Morgan fingerprint density at radius 3 is 2.49 bits per heavy atom. The van der Waals surface area contributed by atoms with Gasteiger partial charge in [0, 0.05) is 55.5 Å². The summed E-state index contributed by atoms with van der Waals surface area (Å²) in [7, 11) is 1.97. The molecule has 6 rings (SSSR count). The van der Waals surface area contributed by atoms with Crippen molar-refractivity contribution in [3.05, 3.63) is 107 Å². The number of benzene rings is 4. The number of esters is 1. The minimum absolute atomic E-state index is 0.242. The van der Waals surface area contributed by atoms with Crippen LogP contribution >= 0.6 is 11.6 Å². The zero-order valence-electron chi connectivity index (χ0n) is 26.6. The Morgan fingerprint density at radius 2 is 1.68 bits per heavy atom. The lowest BCUT2D eigenvalue weighted by Gasteiger charge is -2.29. The third-order valence-corrected chi connectivity index (χ3v) is 8.24. The van der Waals surface area contributed by atoms with Crippen molar-refractivity contribution < 1.29 is 28.5 Å². The third-order valence-electron chi connectivity index (χ3n) is 7.99. The fourth-order valence-electron chi connectivity index (χ4n) is 5.44. The molecule has 0 N–H and O–H groups in total. The summed E-state index contributed by atoms with van der Waals surface area (Å²) in [6.07, 6.45) is 0.748. The van der Waals surface area contributed by atoms with Crippen LogP contribution in [0.3, 0.4) is 0 Å². The fourth-order valence-corrected chi connectivity index (χ4v) is 5.56. The minimum Gasteiger partial charge on any atom is -0.488 e.